The van der Waals surface area contributed by atoms with Crippen LogP contribution in [0.25, 0.3) is 11.4 Å². The van der Waals surface area contributed by atoms with Crippen molar-refractivity contribution in [3.05, 3.63) is 51.8 Å². The molecular weight excluding hydrogens is 376 g/mol. The van der Waals surface area contributed by atoms with E-state index in [-0.39, 0.29) is 5.91 Å². The third kappa shape index (κ3) is 3.22. The number of thiophene rings is 1. The monoisotopic (exact) mass is 396 g/mol. The lowest BCUT2D eigenvalue weighted by atomic mass is 9.95. The number of morpholine rings is 1. The molecule has 5 rings (SSSR count). The van der Waals surface area contributed by atoms with E-state index in [4.69, 9.17) is 9.26 Å². The second-order valence-corrected chi connectivity index (χ2v) is 8.03. The summed E-state index contributed by atoms with van der Waals surface area (Å²) < 4.78 is 11.2. The van der Waals surface area contributed by atoms with Gasteiger partial charge in [-0.25, -0.2) is 0 Å². The predicted molar refractivity (Wildman–Crippen MR) is 103 cm³/mol. The van der Waals surface area contributed by atoms with E-state index in [0.717, 1.165) is 30.4 Å². The Labute approximate surface area is 166 Å². The molecule has 7 nitrogen and oxygen atoms in total. The van der Waals surface area contributed by atoms with Gasteiger partial charge in [-0.3, -0.25) is 9.78 Å². The zero-order valence-corrected chi connectivity index (χ0v) is 16.2. The molecule has 1 saturated heterocycles. The van der Waals surface area contributed by atoms with Gasteiger partial charge < -0.3 is 14.2 Å². The quantitative estimate of drug-likeness (QED) is 0.676. The number of ether oxygens (including phenoxy) is 1. The fourth-order valence-electron chi connectivity index (χ4n) is 3.81. The van der Waals surface area contributed by atoms with Crippen molar-refractivity contribution in [1.29, 1.82) is 0 Å². The summed E-state index contributed by atoms with van der Waals surface area (Å²) in [5.41, 5.74) is 2.95. The molecule has 1 amide bonds. The normalized spacial score (nSPS) is 19.4. The Balaban J connectivity index is 1.33. The molecule has 28 heavy (non-hydrogen) atoms. The van der Waals surface area contributed by atoms with Gasteiger partial charge in [0.15, 0.2) is 6.10 Å². The molecule has 0 N–H and O–H groups in total. The number of carbonyl (C=O) groups is 1. The van der Waals surface area contributed by atoms with Crippen LogP contribution in [0.4, 0.5) is 0 Å². The van der Waals surface area contributed by atoms with Crippen molar-refractivity contribution in [3.8, 4) is 11.4 Å². The van der Waals surface area contributed by atoms with E-state index in [0.29, 0.717) is 31.4 Å². The van der Waals surface area contributed by atoms with Crippen molar-refractivity contribution in [3.63, 3.8) is 0 Å². The number of nitrogens with zero attached hydrogens (tertiary/aromatic N) is 4. The first-order valence-corrected chi connectivity index (χ1v) is 10.4. The van der Waals surface area contributed by atoms with Gasteiger partial charge in [-0.1, -0.05) is 5.16 Å². The fraction of sp³-hybridized carbons (Fsp3) is 0.400. The first-order valence-electron chi connectivity index (χ1n) is 9.54. The van der Waals surface area contributed by atoms with E-state index in [1.807, 2.05) is 22.4 Å². The average Bonchev–Trinajstić information content (AvgIpc) is 3.42. The zero-order valence-electron chi connectivity index (χ0n) is 15.3. The molecule has 1 fully saturated rings. The Bertz CT molecular complexity index is 985. The van der Waals surface area contributed by atoms with E-state index < -0.39 is 6.10 Å². The Kier molecular flexibility index (Phi) is 4.66. The molecule has 3 aromatic heterocycles. The number of amides is 1. The summed E-state index contributed by atoms with van der Waals surface area (Å²) in [5, 5.41) is 6.07. The largest absolute Gasteiger partial charge is 0.365 e. The molecular formula is C20H20N4O3S. The smallest absolute Gasteiger partial charge is 0.257 e. The Hall–Kier alpha value is -2.58. The van der Waals surface area contributed by atoms with Gasteiger partial charge in [-0.2, -0.15) is 4.98 Å². The number of fused-ring (bicyclic) bond motifs is 1. The third-order valence-corrected chi connectivity index (χ3v) is 6.39. The third-order valence-electron chi connectivity index (χ3n) is 5.30. The summed E-state index contributed by atoms with van der Waals surface area (Å²) in [6.45, 7) is 1.45. The highest BCUT2D eigenvalue weighted by atomic mass is 32.1. The summed E-state index contributed by atoms with van der Waals surface area (Å²) in [5.74, 6) is 0.981. The molecule has 1 atom stereocenters. The molecule has 0 unspecified atom stereocenters. The van der Waals surface area contributed by atoms with Crippen LogP contribution in [0, 0.1) is 0 Å². The van der Waals surface area contributed by atoms with Crippen LogP contribution in [0.15, 0.2) is 34.4 Å². The lowest BCUT2D eigenvalue weighted by molar-refractivity contribution is -0.0367. The molecule has 1 aliphatic heterocycles. The lowest BCUT2D eigenvalue weighted by Crippen LogP contribution is -2.42. The second-order valence-electron chi connectivity index (χ2n) is 7.06. The van der Waals surface area contributed by atoms with E-state index in [9.17, 15) is 4.79 Å². The standard InChI is InChI=1S/C20H20N4O3S/c25-20(15-12-28-17-4-2-1-3-14(15)17)24-9-10-26-16(11-24)19-22-18(23-27-19)13-5-7-21-8-6-13/h5-8,12,16H,1-4,9-11H2/t16-/m1/s1. The Morgan fingerprint density at radius 1 is 1.21 bits per heavy atom. The Morgan fingerprint density at radius 3 is 2.96 bits per heavy atom. The number of rotatable bonds is 3. The van der Waals surface area contributed by atoms with Crippen molar-refractivity contribution >= 4 is 17.2 Å². The average molecular weight is 396 g/mol. The first-order chi connectivity index (χ1) is 13.8. The molecule has 0 radical (unpaired) electrons. The Morgan fingerprint density at radius 2 is 2.07 bits per heavy atom. The highest BCUT2D eigenvalue weighted by Gasteiger charge is 2.32. The van der Waals surface area contributed by atoms with Crippen molar-refractivity contribution in [2.75, 3.05) is 19.7 Å². The molecule has 0 saturated carbocycles. The van der Waals surface area contributed by atoms with Crippen LogP contribution in [-0.4, -0.2) is 45.6 Å². The molecule has 3 aromatic rings. The molecule has 4 heterocycles. The van der Waals surface area contributed by atoms with E-state index in [1.165, 1.54) is 16.9 Å². The topological polar surface area (TPSA) is 81.4 Å². The summed E-state index contributed by atoms with van der Waals surface area (Å²) >= 11 is 1.72. The number of pyridine rings is 1. The van der Waals surface area contributed by atoms with Gasteiger partial charge in [-0.15, -0.1) is 11.3 Å². The van der Waals surface area contributed by atoms with Crippen LogP contribution < -0.4 is 0 Å². The maximum Gasteiger partial charge on any atom is 0.257 e. The minimum atomic E-state index is -0.407. The van der Waals surface area contributed by atoms with Gasteiger partial charge in [0.2, 0.25) is 5.82 Å². The fourth-order valence-corrected chi connectivity index (χ4v) is 4.93. The minimum absolute atomic E-state index is 0.0848. The van der Waals surface area contributed by atoms with E-state index in [2.05, 4.69) is 15.1 Å². The number of aryl methyl sites for hydroxylation is 1. The lowest BCUT2D eigenvalue weighted by Gasteiger charge is -2.31. The highest BCUT2D eigenvalue weighted by Crippen LogP contribution is 2.32. The predicted octanol–water partition coefficient (Wildman–Crippen LogP) is 3.29. The van der Waals surface area contributed by atoms with Gasteiger partial charge in [0.05, 0.1) is 18.7 Å². The minimum Gasteiger partial charge on any atom is -0.365 e. The zero-order chi connectivity index (χ0) is 18.9. The molecule has 1 aliphatic carbocycles. The number of hydrogen-bond acceptors (Lipinski definition) is 7. The van der Waals surface area contributed by atoms with Crippen LogP contribution in [0.2, 0.25) is 0 Å². The van der Waals surface area contributed by atoms with Crippen molar-refractivity contribution < 1.29 is 14.1 Å². The maximum absolute atomic E-state index is 13.1. The summed E-state index contributed by atoms with van der Waals surface area (Å²) in [6, 6.07) is 3.65. The van der Waals surface area contributed by atoms with E-state index >= 15 is 0 Å². The van der Waals surface area contributed by atoms with Crippen molar-refractivity contribution in [2.45, 2.75) is 31.8 Å². The van der Waals surface area contributed by atoms with Crippen LogP contribution in [-0.2, 0) is 17.6 Å². The molecule has 144 valence electrons. The van der Waals surface area contributed by atoms with Gasteiger partial charge in [0.1, 0.15) is 0 Å². The van der Waals surface area contributed by atoms with Crippen LogP contribution in [0.5, 0.6) is 0 Å². The van der Waals surface area contributed by atoms with Crippen molar-refractivity contribution in [2.24, 2.45) is 0 Å². The molecule has 0 aromatic carbocycles. The molecule has 8 heteroatoms. The highest BCUT2D eigenvalue weighted by molar-refractivity contribution is 7.10. The first kappa shape index (κ1) is 17.5. The second kappa shape index (κ2) is 7.44. The molecule has 2 aliphatic rings. The van der Waals surface area contributed by atoms with E-state index in [1.54, 1.807) is 23.7 Å². The SMILES string of the molecule is O=C(c1csc2c1CCCC2)N1CCO[C@@H](c2nc(-c3ccncc3)no2)C1. The van der Waals surface area contributed by atoms with Crippen LogP contribution in [0.3, 0.4) is 0 Å². The molecule has 0 spiro atoms. The summed E-state index contributed by atoms with van der Waals surface area (Å²) in [7, 11) is 0. The van der Waals surface area contributed by atoms with Crippen LogP contribution >= 0.6 is 11.3 Å². The maximum atomic E-state index is 13.1. The number of aromatic nitrogens is 3. The summed E-state index contributed by atoms with van der Waals surface area (Å²) in [4.78, 5) is 24.8. The van der Waals surface area contributed by atoms with Gasteiger partial charge in [0, 0.05) is 34.8 Å². The van der Waals surface area contributed by atoms with Gasteiger partial charge in [0.25, 0.3) is 11.8 Å². The number of carbonyl (C=O) groups excluding carboxylic acids is 1. The molecule has 0 bridgehead atoms. The van der Waals surface area contributed by atoms with Crippen LogP contribution in [0.1, 0.15) is 45.6 Å². The van der Waals surface area contributed by atoms with Gasteiger partial charge >= 0.3 is 0 Å². The number of hydrogen-bond donors (Lipinski definition) is 0. The van der Waals surface area contributed by atoms with Crippen molar-refractivity contribution in [1.82, 2.24) is 20.0 Å². The van der Waals surface area contributed by atoms with Gasteiger partial charge in [-0.05, 0) is 43.4 Å². The summed E-state index contributed by atoms with van der Waals surface area (Å²) in [6.07, 6.45) is 7.45.